The summed E-state index contributed by atoms with van der Waals surface area (Å²) < 4.78 is 4.86. The molecule has 5 heteroatoms. The Morgan fingerprint density at radius 2 is 1.89 bits per heavy atom. The lowest BCUT2D eigenvalue weighted by molar-refractivity contribution is -0.131. The fraction of sp³-hybridized carbons (Fsp3) is 0.231. The van der Waals surface area contributed by atoms with E-state index in [4.69, 9.17) is 27.9 Å². The molecule has 0 aliphatic rings. The smallest absolute Gasteiger partial charge is 0.308 e. The van der Waals surface area contributed by atoms with Gasteiger partial charge >= 0.3 is 5.97 Å². The maximum atomic E-state index is 11.9. The Kier molecular flexibility index (Phi) is 4.93. The van der Waals surface area contributed by atoms with E-state index in [1.165, 1.54) is 19.1 Å². The highest BCUT2D eigenvalue weighted by Crippen LogP contribution is 2.35. The highest BCUT2D eigenvalue weighted by molar-refractivity contribution is 6.45. The fourth-order valence-corrected chi connectivity index (χ4v) is 1.74. The number of ketones is 1. The van der Waals surface area contributed by atoms with Crippen LogP contribution in [0.1, 0.15) is 30.6 Å². The third-order valence-corrected chi connectivity index (χ3v) is 3.16. The molecule has 0 aliphatic carbocycles. The first kappa shape index (κ1) is 14.7. The molecular weight excluding hydrogens is 275 g/mol. The first-order chi connectivity index (χ1) is 8.38. The van der Waals surface area contributed by atoms with Crippen molar-refractivity contribution in [1.82, 2.24) is 0 Å². The Balaban J connectivity index is 3.19. The van der Waals surface area contributed by atoms with Gasteiger partial charge in [-0.3, -0.25) is 9.59 Å². The minimum Gasteiger partial charge on any atom is -0.425 e. The van der Waals surface area contributed by atoms with Gasteiger partial charge in [0.05, 0.1) is 5.02 Å². The molecule has 0 bridgehead atoms. The van der Waals surface area contributed by atoms with E-state index in [2.05, 4.69) is 6.58 Å². The Bertz CT molecular complexity index is 521. The van der Waals surface area contributed by atoms with Crippen molar-refractivity contribution in [3.8, 4) is 5.75 Å². The molecule has 1 aromatic carbocycles. The number of allylic oxidation sites excluding steroid dienone is 1. The van der Waals surface area contributed by atoms with Crippen LogP contribution in [-0.4, -0.2) is 11.8 Å². The van der Waals surface area contributed by atoms with E-state index in [9.17, 15) is 9.59 Å². The summed E-state index contributed by atoms with van der Waals surface area (Å²) in [6.45, 7) is 6.73. The molecule has 0 radical (unpaired) electrons. The molecule has 1 aromatic rings. The summed E-state index contributed by atoms with van der Waals surface area (Å²) in [6.07, 6.45) is 0.526. The van der Waals surface area contributed by atoms with Crippen molar-refractivity contribution in [2.75, 3.05) is 0 Å². The number of esters is 1. The fourth-order valence-electron chi connectivity index (χ4n) is 1.29. The number of halogens is 2. The quantitative estimate of drug-likeness (QED) is 0.363. The molecule has 0 unspecified atom stereocenters. The molecule has 3 nitrogen and oxygen atoms in total. The molecule has 18 heavy (non-hydrogen) atoms. The summed E-state index contributed by atoms with van der Waals surface area (Å²) in [5.41, 5.74) is 0.692. The van der Waals surface area contributed by atoms with E-state index in [1.807, 2.05) is 6.92 Å². The van der Waals surface area contributed by atoms with Crippen molar-refractivity contribution in [2.45, 2.75) is 20.3 Å². The largest absolute Gasteiger partial charge is 0.425 e. The predicted molar refractivity (Wildman–Crippen MR) is 71.5 cm³/mol. The van der Waals surface area contributed by atoms with Gasteiger partial charge in [0, 0.05) is 12.5 Å². The van der Waals surface area contributed by atoms with Crippen molar-refractivity contribution in [1.29, 1.82) is 0 Å². The zero-order chi connectivity index (χ0) is 13.9. The first-order valence-electron chi connectivity index (χ1n) is 5.27. The Hall–Kier alpha value is -1.32. The van der Waals surface area contributed by atoms with Crippen molar-refractivity contribution >= 4 is 35.0 Å². The number of carbonyl (C=O) groups is 2. The van der Waals surface area contributed by atoms with Crippen LogP contribution in [0.4, 0.5) is 0 Å². The lowest BCUT2D eigenvalue weighted by Crippen LogP contribution is -2.06. The number of ether oxygens (including phenoxy) is 1. The summed E-state index contributed by atoms with van der Waals surface area (Å²) in [4.78, 5) is 22.8. The van der Waals surface area contributed by atoms with Crippen molar-refractivity contribution in [3.63, 3.8) is 0 Å². The SMILES string of the molecule is C=C(CC)C(=O)c1ccc(OC(C)=O)c(Cl)c1Cl. The number of carbonyl (C=O) groups excluding carboxylic acids is 2. The molecule has 0 heterocycles. The lowest BCUT2D eigenvalue weighted by atomic mass is 10.0. The highest BCUT2D eigenvalue weighted by Gasteiger charge is 2.18. The van der Waals surface area contributed by atoms with Gasteiger partial charge in [-0.15, -0.1) is 0 Å². The molecule has 0 fully saturated rings. The van der Waals surface area contributed by atoms with Crippen molar-refractivity contribution < 1.29 is 14.3 Å². The standard InChI is InChI=1S/C13H12Cl2O3/c1-4-7(2)13(17)9-5-6-10(18-8(3)16)12(15)11(9)14/h5-6H,2,4H2,1,3H3. The molecule has 0 spiro atoms. The lowest BCUT2D eigenvalue weighted by Gasteiger charge is -2.09. The molecule has 0 saturated carbocycles. The molecule has 0 N–H and O–H groups in total. The van der Waals surface area contributed by atoms with Gasteiger partial charge in [0.15, 0.2) is 11.5 Å². The monoisotopic (exact) mass is 286 g/mol. The molecule has 96 valence electrons. The summed E-state index contributed by atoms with van der Waals surface area (Å²) >= 11 is 11.9. The minimum absolute atomic E-state index is 0.0432. The molecule has 0 amide bonds. The molecule has 0 aliphatic heterocycles. The number of hydrogen-bond acceptors (Lipinski definition) is 3. The van der Waals surface area contributed by atoms with Crippen LogP contribution in [-0.2, 0) is 4.79 Å². The summed E-state index contributed by atoms with van der Waals surface area (Å²) in [7, 11) is 0. The summed E-state index contributed by atoms with van der Waals surface area (Å²) in [5, 5.41) is 0.108. The van der Waals surface area contributed by atoms with Gasteiger partial charge in [0.2, 0.25) is 0 Å². The van der Waals surface area contributed by atoms with Crippen LogP contribution in [0.3, 0.4) is 0 Å². The molecule has 0 aromatic heterocycles. The van der Waals surface area contributed by atoms with Crippen LogP contribution in [0.5, 0.6) is 5.75 Å². The van der Waals surface area contributed by atoms with E-state index in [0.29, 0.717) is 12.0 Å². The van der Waals surface area contributed by atoms with Gasteiger partial charge < -0.3 is 4.74 Å². The second-order valence-electron chi connectivity index (χ2n) is 3.62. The average molecular weight is 287 g/mol. The zero-order valence-corrected chi connectivity index (χ0v) is 11.6. The average Bonchev–Trinajstić information content (AvgIpc) is 2.33. The summed E-state index contributed by atoms with van der Waals surface area (Å²) in [5.74, 6) is -0.642. The van der Waals surface area contributed by atoms with Crippen LogP contribution >= 0.6 is 23.2 Å². The molecule has 0 saturated heterocycles. The van der Waals surface area contributed by atoms with Crippen LogP contribution < -0.4 is 4.74 Å². The third kappa shape index (κ3) is 3.12. The van der Waals surface area contributed by atoms with Gasteiger partial charge in [0.25, 0.3) is 0 Å². The maximum absolute atomic E-state index is 11.9. The van der Waals surface area contributed by atoms with Crippen LogP contribution in [0, 0.1) is 0 Å². The van der Waals surface area contributed by atoms with Crippen molar-refractivity contribution in [2.24, 2.45) is 0 Å². The van der Waals surface area contributed by atoms with Crippen LogP contribution in [0.25, 0.3) is 0 Å². The maximum Gasteiger partial charge on any atom is 0.308 e. The molecule has 1 rings (SSSR count). The van der Waals surface area contributed by atoms with Gasteiger partial charge in [-0.2, -0.15) is 0 Å². The van der Waals surface area contributed by atoms with Gasteiger partial charge in [-0.05, 0) is 24.1 Å². The van der Waals surface area contributed by atoms with E-state index >= 15 is 0 Å². The normalized spacial score (nSPS) is 10.0. The van der Waals surface area contributed by atoms with Crippen molar-refractivity contribution in [3.05, 3.63) is 39.9 Å². The van der Waals surface area contributed by atoms with E-state index in [1.54, 1.807) is 0 Å². The van der Waals surface area contributed by atoms with Crippen LogP contribution in [0.15, 0.2) is 24.3 Å². The topological polar surface area (TPSA) is 43.4 Å². The predicted octanol–water partition coefficient (Wildman–Crippen LogP) is 4.07. The van der Waals surface area contributed by atoms with E-state index < -0.39 is 5.97 Å². The van der Waals surface area contributed by atoms with Gasteiger partial charge in [0.1, 0.15) is 5.02 Å². The number of Topliss-reactive ketones (excluding diaryl/α,β-unsaturated/α-hetero) is 1. The summed E-state index contributed by atoms with van der Waals surface area (Å²) in [6, 6.07) is 2.90. The molecule has 0 atom stereocenters. The Morgan fingerprint density at radius 1 is 1.28 bits per heavy atom. The Morgan fingerprint density at radius 3 is 2.39 bits per heavy atom. The second-order valence-corrected chi connectivity index (χ2v) is 4.38. The van der Waals surface area contributed by atoms with Gasteiger partial charge in [-0.25, -0.2) is 0 Å². The molecular formula is C13H12Cl2O3. The minimum atomic E-state index is -0.509. The first-order valence-corrected chi connectivity index (χ1v) is 6.03. The number of benzene rings is 1. The van der Waals surface area contributed by atoms with Gasteiger partial charge in [-0.1, -0.05) is 36.7 Å². The van der Waals surface area contributed by atoms with E-state index in [0.717, 1.165) is 0 Å². The Labute approximate surface area is 115 Å². The van der Waals surface area contributed by atoms with E-state index in [-0.39, 0.29) is 27.1 Å². The second kappa shape index (κ2) is 6.03. The highest BCUT2D eigenvalue weighted by atomic mass is 35.5. The third-order valence-electron chi connectivity index (χ3n) is 2.29. The number of hydrogen-bond donors (Lipinski definition) is 0. The van der Waals surface area contributed by atoms with Crippen LogP contribution in [0.2, 0.25) is 10.0 Å². The number of rotatable bonds is 4. The zero-order valence-electron chi connectivity index (χ0n) is 10.0.